The summed E-state index contributed by atoms with van der Waals surface area (Å²) in [4.78, 5) is 16.4. The van der Waals surface area contributed by atoms with Gasteiger partial charge in [0.15, 0.2) is 0 Å². The first-order chi connectivity index (χ1) is 9.27. The van der Waals surface area contributed by atoms with Crippen molar-refractivity contribution in [1.29, 1.82) is 0 Å². The molecule has 1 amide bonds. The number of hydrogen-bond donors (Lipinski definition) is 2. The van der Waals surface area contributed by atoms with Crippen molar-refractivity contribution in [3.63, 3.8) is 0 Å². The lowest BCUT2D eigenvalue weighted by atomic mass is 10.1. The predicted octanol–water partition coefficient (Wildman–Crippen LogP) is 1.40. The lowest BCUT2D eigenvalue weighted by Crippen LogP contribution is -2.27. The molecule has 0 atom stereocenters. The predicted molar refractivity (Wildman–Crippen MR) is 73.2 cm³/mol. The Labute approximate surface area is 112 Å². The molecule has 2 aromatic heterocycles. The van der Waals surface area contributed by atoms with Crippen LogP contribution in [0.15, 0.2) is 24.4 Å². The Bertz CT molecular complexity index is 563. The molecule has 0 radical (unpaired) electrons. The highest BCUT2D eigenvalue weighted by atomic mass is 16.3. The van der Waals surface area contributed by atoms with E-state index in [1.807, 2.05) is 28.8 Å². The van der Waals surface area contributed by atoms with Crippen LogP contribution >= 0.6 is 0 Å². The number of fused-ring (bicyclic) bond motifs is 1. The molecule has 0 aliphatic heterocycles. The fraction of sp³-hybridized carbons (Fsp3) is 0.429. The second-order valence-corrected chi connectivity index (χ2v) is 4.42. The van der Waals surface area contributed by atoms with E-state index in [0.29, 0.717) is 5.69 Å². The molecule has 0 unspecified atom stereocenters. The van der Waals surface area contributed by atoms with Crippen LogP contribution in [-0.4, -0.2) is 33.6 Å². The van der Waals surface area contributed by atoms with Gasteiger partial charge in [0, 0.05) is 12.7 Å². The minimum atomic E-state index is -0.219. The molecule has 0 bridgehead atoms. The number of carbonyl (C=O) groups excluding carboxylic acids is 1. The minimum absolute atomic E-state index is 0.0661. The van der Waals surface area contributed by atoms with Gasteiger partial charge in [-0.25, -0.2) is 4.98 Å². The van der Waals surface area contributed by atoms with Crippen LogP contribution in [0.25, 0.3) is 5.65 Å². The van der Waals surface area contributed by atoms with Gasteiger partial charge in [-0.05, 0) is 25.0 Å². The van der Waals surface area contributed by atoms with E-state index in [9.17, 15) is 4.79 Å². The third kappa shape index (κ3) is 2.93. The zero-order valence-corrected chi connectivity index (χ0v) is 11.1. The van der Waals surface area contributed by atoms with Gasteiger partial charge in [-0.2, -0.15) is 0 Å². The first kappa shape index (κ1) is 13.5. The van der Waals surface area contributed by atoms with E-state index in [2.05, 4.69) is 17.2 Å². The third-order valence-corrected chi connectivity index (χ3v) is 3.01. The van der Waals surface area contributed by atoms with Crippen LogP contribution in [0, 0.1) is 0 Å². The van der Waals surface area contributed by atoms with Gasteiger partial charge in [-0.3, -0.25) is 4.79 Å². The summed E-state index contributed by atoms with van der Waals surface area (Å²) in [6.45, 7) is 2.30. The van der Waals surface area contributed by atoms with E-state index in [1.54, 1.807) is 0 Å². The van der Waals surface area contributed by atoms with Crippen LogP contribution in [-0.2, 0) is 6.42 Å². The highest BCUT2D eigenvalue weighted by molar-refractivity contribution is 5.94. The zero-order valence-electron chi connectivity index (χ0n) is 11.1. The van der Waals surface area contributed by atoms with Crippen LogP contribution in [0.2, 0.25) is 0 Å². The molecule has 19 heavy (non-hydrogen) atoms. The van der Waals surface area contributed by atoms with Gasteiger partial charge in [0.25, 0.3) is 5.91 Å². The van der Waals surface area contributed by atoms with Crippen LogP contribution < -0.4 is 5.32 Å². The van der Waals surface area contributed by atoms with E-state index in [-0.39, 0.29) is 19.1 Å². The van der Waals surface area contributed by atoms with Gasteiger partial charge in [0.1, 0.15) is 11.3 Å². The molecule has 5 heteroatoms. The molecule has 2 heterocycles. The second-order valence-electron chi connectivity index (χ2n) is 4.42. The minimum Gasteiger partial charge on any atom is -0.395 e. The van der Waals surface area contributed by atoms with Crippen LogP contribution in [0.3, 0.4) is 0 Å². The Morgan fingerprint density at radius 2 is 2.32 bits per heavy atom. The van der Waals surface area contributed by atoms with Crippen molar-refractivity contribution in [2.75, 3.05) is 13.2 Å². The fourth-order valence-corrected chi connectivity index (χ4v) is 2.06. The molecule has 2 N–H and O–H groups in total. The molecule has 2 aromatic rings. The molecule has 0 spiro atoms. The molecule has 0 saturated heterocycles. The number of aliphatic hydroxyl groups is 1. The summed E-state index contributed by atoms with van der Waals surface area (Å²) in [7, 11) is 0. The fourth-order valence-electron chi connectivity index (χ4n) is 2.06. The number of nitrogens with zero attached hydrogens (tertiary/aromatic N) is 2. The number of carbonyl (C=O) groups is 1. The molecule has 0 aliphatic rings. The van der Waals surface area contributed by atoms with Crippen LogP contribution in [0.5, 0.6) is 0 Å². The highest BCUT2D eigenvalue weighted by Crippen LogP contribution is 2.15. The number of unbranched alkanes of at least 4 members (excludes halogenated alkanes) is 1. The Balaban J connectivity index is 2.37. The Morgan fingerprint density at radius 3 is 3.05 bits per heavy atom. The largest absolute Gasteiger partial charge is 0.395 e. The number of pyridine rings is 1. The van der Waals surface area contributed by atoms with Crippen molar-refractivity contribution in [2.45, 2.75) is 26.2 Å². The van der Waals surface area contributed by atoms with Crippen molar-refractivity contribution in [2.24, 2.45) is 0 Å². The van der Waals surface area contributed by atoms with Crippen molar-refractivity contribution < 1.29 is 9.90 Å². The van der Waals surface area contributed by atoms with Crippen molar-refractivity contribution in [3.8, 4) is 0 Å². The highest BCUT2D eigenvalue weighted by Gasteiger charge is 2.17. The average molecular weight is 261 g/mol. The molecule has 0 saturated carbocycles. The number of aryl methyl sites for hydroxylation is 1. The normalized spacial score (nSPS) is 10.8. The molecule has 5 nitrogen and oxygen atoms in total. The van der Waals surface area contributed by atoms with Crippen LogP contribution in [0.4, 0.5) is 0 Å². The number of rotatable bonds is 6. The Hall–Kier alpha value is -1.88. The molecule has 0 aliphatic carbocycles. The molecule has 0 aromatic carbocycles. The van der Waals surface area contributed by atoms with Gasteiger partial charge in [0.05, 0.1) is 12.3 Å². The molecule has 102 valence electrons. The van der Waals surface area contributed by atoms with Gasteiger partial charge in [-0.1, -0.05) is 19.4 Å². The Morgan fingerprint density at radius 1 is 1.47 bits per heavy atom. The van der Waals surface area contributed by atoms with E-state index < -0.39 is 0 Å². The van der Waals surface area contributed by atoms with Gasteiger partial charge in [-0.15, -0.1) is 0 Å². The quantitative estimate of drug-likeness (QED) is 0.826. The SMILES string of the molecule is CCCCc1c(C(=O)NCCO)nc2ccccn12. The van der Waals surface area contributed by atoms with E-state index in [4.69, 9.17) is 5.11 Å². The molecule has 2 rings (SSSR count). The number of nitrogens with one attached hydrogen (secondary N) is 1. The van der Waals surface area contributed by atoms with Crippen molar-refractivity contribution in [1.82, 2.24) is 14.7 Å². The Kier molecular flexibility index (Phi) is 4.52. The molecular weight excluding hydrogens is 242 g/mol. The second kappa shape index (κ2) is 6.33. The number of aliphatic hydroxyl groups excluding tert-OH is 1. The summed E-state index contributed by atoms with van der Waals surface area (Å²) >= 11 is 0. The average Bonchev–Trinajstić information content (AvgIpc) is 2.81. The zero-order chi connectivity index (χ0) is 13.7. The lowest BCUT2D eigenvalue weighted by molar-refractivity contribution is 0.0939. The first-order valence-corrected chi connectivity index (χ1v) is 6.63. The maximum Gasteiger partial charge on any atom is 0.271 e. The molecular formula is C14H19N3O2. The summed E-state index contributed by atoms with van der Waals surface area (Å²) in [5.74, 6) is -0.219. The van der Waals surface area contributed by atoms with Gasteiger partial charge >= 0.3 is 0 Å². The smallest absolute Gasteiger partial charge is 0.271 e. The van der Waals surface area contributed by atoms with Crippen LogP contribution in [0.1, 0.15) is 35.9 Å². The van der Waals surface area contributed by atoms with Gasteiger partial charge in [0.2, 0.25) is 0 Å². The van der Waals surface area contributed by atoms with E-state index in [0.717, 1.165) is 30.6 Å². The molecule has 0 fully saturated rings. The summed E-state index contributed by atoms with van der Waals surface area (Å²) in [5, 5.41) is 11.4. The first-order valence-electron chi connectivity index (χ1n) is 6.63. The maximum atomic E-state index is 12.1. The number of hydrogen-bond acceptors (Lipinski definition) is 3. The summed E-state index contributed by atoms with van der Waals surface area (Å²) in [6, 6.07) is 5.72. The van der Waals surface area contributed by atoms with Gasteiger partial charge < -0.3 is 14.8 Å². The summed E-state index contributed by atoms with van der Waals surface area (Å²) in [5.41, 5.74) is 2.18. The summed E-state index contributed by atoms with van der Waals surface area (Å²) in [6.07, 6.45) is 4.83. The monoisotopic (exact) mass is 261 g/mol. The lowest BCUT2D eigenvalue weighted by Gasteiger charge is -2.04. The third-order valence-electron chi connectivity index (χ3n) is 3.01. The number of aromatic nitrogens is 2. The summed E-state index contributed by atoms with van der Waals surface area (Å²) < 4.78 is 1.96. The number of imidazole rings is 1. The maximum absolute atomic E-state index is 12.1. The van der Waals surface area contributed by atoms with Crippen molar-refractivity contribution >= 4 is 11.6 Å². The topological polar surface area (TPSA) is 66.6 Å². The van der Waals surface area contributed by atoms with E-state index >= 15 is 0 Å². The standard InChI is InChI=1S/C14H19N3O2/c1-2-3-6-11-13(14(19)15-8-10-18)16-12-7-4-5-9-17(11)12/h4-5,7,9,18H,2-3,6,8,10H2,1H3,(H,15,19). The van der Waals surface area contributed by atoms with E-state index in [1.165, 1.54) is 0 Å². The number of amides is 1. The van der Waals surface area contributed by atoms with Crippen molar-refractivity contribution in [3.05, 3.63) is 35.8 Å².